The molecule has 0 aliphatic carbocycles. The van der Waals surface area contributed by atoms with Crippen LogP contribution in [0.5, 0.6) is 5.75 Å². The predicted octanol–water partition coefficient (Wildman–Crippen LogP) is 3.12. The van der Waals surface area contributed by atoms with E-state index in [9.17, 15) is 9.59 Å². The number of nitrogens with one attached hydrogen (secondary N) is 1. The van der Waals surface area contributed by atoms with E-state index < -0.39 is 5.97 Å². The molecule has 6 nitrogen and oxygen atoms in total. The normalized spacial score (nSPS) is 9.77. The van der Waals surface area contributed by atoms with E-state index >= 15 is 0 Å². The molecule has 0 unspecified atom stereocenters. The van der Waals surface area contributed by atoms with E-state index in [4.69, 9.17) is 10.5 Å². The topological polar surface area (TPSA) is 90.6 Å². The number of rotatable bonds is 7. The number of hydrogen-bond acceptors (Lipinski definition) is 5. The fourth-order valence-electron chi connectivity index (χ4n) is 2.29. The van der Waals surface area contributed by atoms with Crippen LogP contribution in [0.1, 0.15) is 17.5 Å². The van der Waals surface area contributed by atoms with Crippen LogP contribution < -0.4 is 15.8 Å². The number of carbonyl (C=O) groups is 2. The van der Waals surface area contributed by atoms with Gasteiger partial charge in [0.25, 0.3) is 0 Å². The lowest BCUT2D eigenvalue weighted by Gasteiger charge is -2.11. The summed E-state index contributed by atoms with van der Waals surface area (Å²) >= 11 is 0. The number of aryl methyl sites for hydroxylation is 2. The minimum Gasteiger partial charge on any atom is -0.482 e. The Balaban J connectivity index is 0.00000338. The minimum absolute atomic E-state index is 0. The van der Waals surface area contributed by atoms with Crippen LogP contribution in [0.3, 0.4) is 0 Å². The number of hydrogen-bond donors (Lipinski definition) is 2. The molecule has 0 atom stereocenters. The fraction of sp³-hybridized carbons (Fsp3) is 0.263. The molecule has 0 bridgehead atoms. The monoisotopic (exact) mass is 378 g/mol. The smallest absolute Gasteiger partial charge is 0.343 e. The highest BCUT2D eigenvalue weighted by Gasteiger charge is 2.08. The summed E-state index contributed by atoms with van der Waals surface area (Å²) in [7, 11) is 1.30. The molecule has 0 radical (unpaired) electrons. The van der Waals surface area contributed by atoms with Gasteiger partial charge < -0.3 is 20.5 Å². The number of amides is 1. The third kappa shape index (κ3) is 6.29. The number of carbonyl (C=O) groups excluding carboxylic acids is 2. The van der Waals surface area contributed by atoms with Crippen LogP contribution in [0.2, 0.25) is 0 Å². The molecule has 0 aliphatic rings. The highest BCUT2D eigenvalue weighted by atomic mass is 35.5. The van der Waals surface area contributed by atoms with Gasteiger partial charge in [-0.25, -0.2) is 4.79 Å². The van der Waals surface area contributed by atoms with Crippen LogP contribution in [-0.2, 0) is 20.7 Å². The average Bonchev–Trinajstić information content (AvgIpc) is 2.61. The van der Waals surface area contributed by atoms with Gasteiger partial charge in [-0.05, 0) is 48.7 Å². The molecular formula is C19H23ClN2O4. The van der Waals surface area contributed by atoms with Crippen molar-refractivity contribution >= 4 is 35.7 Å². The Kier molecular flexibility index (Phi) is 8.45. The van der Waals surface area contributed by atoms with E-state index in [1.807, 2.05) is 31.2 Å². The number of nitrogens with two attached hydrogens (primary N) is 1. The molecule has 2 aromatic carbocycles. The first-order chi connectivity index (χ1) is 12.0. The van der Waals surface area contributed by atoms with Crippen LogP contribution >= 0.6 is 12.4 Å². The van der Waals surface area contributed by atoms with E-state index in [1.165, 1.54) is 7.11 Å². The van der Waals surface area contributed by atoms with Gasteiger partial charge >= 0.3 is 5.97 Å². The zero-order chi connectivity index (χ0) is 18.2. The van der Waals surface area contributed by atoms with Crippen molar-refractivity contribution in [1.29, 1.82) is 0 Å². The van der Waals surface area contributed by atoms with Crippen LogP contribution in [0, 0.1) is 6.92 Å². The van der Waals surface area contributed by atoms with Crippen molar-refractivity contribution < 1.29 is 19.1 Å². The second-order valence-electron chi connectivity index (χ2n) is 5.59. The van der Waals surface area contributed by atoms with Crippen molar-refractivity contribution in [1.82, 2.24) is 0 Å². The maximum absolute atomic E-state index is 12.1. The van der Waals surface area contributed by atoms with E-state index in [2.05, 4.69) is 10.1 Å². The van der Waals surface area contributed by atoms with Gasteiger partial charge in [0.05, 0.1) is 7.11 Å². The average molecular weight is 379 g/mol. The largest absolute Gasteiger partial charge is 0.482 e. The Morgan fingerprint density at radius 3 is 2.54 bits per heavy atom. The second-order valence-corrected chi connectivity index (χ2v) is 5.59. The van der Waals surface area contributed by atoms with E-state index in [0.29, 0.717) is 30.0 Å². The lowest BCUT2D eigenvalue weighted by Crippen LogP contribution is -2.14. The molecule has 0 aliphatic heterocycles. The summed E-state index contributed by atoms with van der Waals surface area (Å²) in [4.78, 5) is 23.2. The Morgan fingerprint density at radius 2 is 1.88 bits per heavy atom. The number of halogens is 1. The summed E-state index contributed by atoms with van der Waals surface area (Å²) in [5.74, 6) is 0.00255. The zero-order valence-corrected chi connectivity index (χ0v) is 15.6. The Morgan fingerprint density at radius 1 is 1.15 bits per heavy atom. The van der Waals surface area contributed by atoms with Crippen molar-refractivity contribution in [3.05, 3.63) is 53.6 Å². The molecule has 0 aromatic heterocycles. The maximum atomic E-state index is 12.1. The first-order valence-electron chi connectivity index (χ1n) is 7.93. The molecule has 0 saturated carbocycles. The zero-order valence-electron chi connectivity index (χ0n) is 14.8. The number of anilines is 2. The van der Waals surface area contributed by atoms with Crippen molar-refractivity contribution in [2.45, 2.75) is 19.8 Å². The summed E-state index contributed by atoms with van der Waals surface area (Å²) in [6.07, 6.45) is 0.923. The Labute approximate surface area is 159 Å². The van der Waals surface area contributed by atoms with Gasteiger partial charge in [-0.2, -0.15) is 0 Å². The summed E-state index contributed by atoms with van der Waals surface area (Å²) < 4.78 is 9.84. The van der Waals surface area contributed by atoms with Gasteiger partial charge in [0.1, 0.15) is 5.75 Å². The van der Waals surface area contributed by atoms with Gasteiger partial charge in [-0.1, -0.05) is 18.2 Å². The van der Waals surface area contributed by atoms with Gasteiger partial charge in [0.2, 0.25) is 5.91 Å². The SMILES string of the molecule is COC(=O)COc1ccc(NC(=O)CCc2ccccc2N)c(C)c1.Cl. The van der Waals surface area contributed by atoms with Crippen LogP contribution in [-0.4, -0.2) is 25.6 Å². The predicted molar refractivity (Wildman–Crippen MR) is 104 cm³/mol. The highest BCUT2D eigenvalue weighted by Crippen LogP contribution is 2.22. The Hall–Kier alpha value is -2.73. The van der Waals surface area contributed by atoms with Crippen molar-refractivity contribution in [3.63, 3.8) is 0 Å². The molecule has 1 amide bonds. The highest BCUT2D eigenvalue weighted by molar-refractivity contribution is 5.91. The number of methoxy groups -OCH3 is 1. The molecule has 0 fully saturated rings. The van der Waals surface area contributed by atoms with Gasteiger partial charge in [-0.3, -0.25) is 4.79 Å². The van der Waals surface area contributed by atoms with E-state index in [-0.39, 0.29) is 24.9 Å². The molecule has 0 heterocycles. The van der Waals surface area contributed by atoms with Gasteiger partial charge in [0, 0.05) is 17.8 Å². The van der Waals surface area contributed by atoms with Crippen molar-refractivity contribution in [2.75, 3.05) is 24.8 Å². The molecule has 2 aromatic rings. The first-order valence-corrected chi connectivity index (χ1v) is 7.93. The van der Waals surface area contributed by atoms with E-state index in [0.717, 1.165) is 11.1 Å². The van der Waals surface area contributed by atoms with Gasteiger partial charge in [-0.15, -0.1) is 12.4 Å². The lowest BCUT2D eigenvalue weighted by atomic mass is 10.1. The molecule has 7 heteroatoms. The van der Waals surface area contributed by atoms with Crippen LogP contribution in [0.4, 0.5) is 11.4 Å². The summed E-state index contributed by atoms with van der Waals surface area (Å²) in [5, 5.41) is 2.88. The lowest BCUT2D eigenvalue weighted by molar-refractivity contribution is -0.142. The standard InChI is InChI=1S/C19H22N2O4.ClH/c1-13-11-15(25-12-19(23)24-2)8-9-17(13)21-18(22)10-7-14-5-3-4-6-16(14)20;/h3-6,8-9,11H,7,10,12,20H2,1-2H3,(H,21,22);1H. The molecule has 2 rings (SSSR count). The molecule has 0 spiro atoms. The number of esters is 1. The Bertz CT molecular complexity index is 765. The van der Waals surface area contributed by atoms with Crippen LogP contribution in [0.25, 0.3) is 0 Å². The summed E-state index contributed by atoms with van der Waals surface area (Å²) in [5.41, 5.74) is 9.08. The number of nitrogen functional groups attached to an aromatic ring is 1. The third-order valence-electron chi connectivity index (χ3n) is 3.73. The number of benzene rings is 2. The van der Waals surface area contributed by atoms with Crippen molar-refractivity contribution in [2.24, 2.45) is 0 Å². The van der Waals surface area contributed by atoms with Gasteiger partial charge in [0.15, 0.2) is 6.61 Å². The first kappa shape index (κ1) is 21.3. The number of ether oxygens (including phenoxy) is 2. The number of para-hydroxylation sites is 1. The molecule has 140 valence electrons. The molecule has 0 saturated heterocycles. The minimum atomic E-state index is -0.449. The summed E-state index contributed by atoms with van der Waals surface area (Å²) in [6.45, 7) is 1.70. The van der Waals surface area contributed by atoms with Crippen LogP contribution in [0.15, 0.2) is 42.5 Å². The molecule has 26 heavy (non-hydrogen) atoms. The quantitative estimate of drug-likeness (QED) is 0.570. The molecular weight excluding hydrogens is 356 g/mol. The third-order valence-corrected chi connectivity index (χ3v) is 3.73. The van der Waals surface area contributed by atoms with Crippen molar-refractivity contribution in [3.8, 4) is 5.75 Å². The fourth-order valence-corrected chi connectivity index (χ4v) is 2.29. The second kappa shape index (κ2) is 10.3. The van der Waals surface area contributed by atoms with E-state index in [1.54, 1.807) is 18.2 Å². The maximum Gasteiger partial charge on any atom is 0.343 e. The molecule has 3 N–H and O–H groups in total. The summed E-state index contributed by atoms with van der Waals surface area (Å²) in [6, 6.07) is 12.7.